The molecule has 7 heavy (non-hydrogen) atoms. The van der Waals surface area contributed by atoms with Crippen LogP contribution >= 0.6 is 0 Å². The van der Waals surface area contributed by atoms with Crippen molar-refractivity contribution in [3.8, 4) is 0 Å². The Morgan fingerprint density at radius 3 is 2.71 bits per heavy atom. The predicted molar refractivity (Wildman–Crippen MR) is 25.4 cm³/mol. The van der Waals surface area contributed by atoms with E-state index in [1.54, 1.807) is 0 Å². The minimum atomic E-state index is -0.196. The van der Waals surface area contributed by atoms with Gasteiger partial charge in [0.25, 0.3) is 0 Å². The highest BCUT2D eigenvalue weighted by molar-refractivity contribution is 5.49. The first-order valence-corrected chi connectivity index (χ1v) is 1.80. The maximum Gasteiger partial charge on any atom is 0.211 e. The molecular weight excluding hydrogens is 94.0 g/mol. The van der Waals surface area contributed by atoms with Gasteiger partial charge in [0.1, 0.15) is 0 Å². The average Bonchev–Trinajstić information content (AvgIpc) is 1.68. The third-order valence-electron chi connectivity index (χ3n) is 0.454. The average molecular weight is 101 g/mol. The van der Waals surface area contributed by atoms with E-state index in [1.165, 1.54) is 0 Å². The second-order valence-electron chi connectivity index (χ2n) is 1.02. The summed E-state index contributed by atoms with van der Waals surface area (Å²) in [6, 6.07) is 0. The lowest BCUT2D eigenvalue weighted by molar-refractivity contribution is -0.109. The Morgan fingerprint density at radius 1 is 2.00 bits per heavy atom. The summed E-state index contributed by atoms with van der Waals surface area (Å²) >= 11 is 0. The van der Waals surface area contributed by atoms with Crippen LogP contribution in [-0.4, -0.2) is 18.1 Å². The maximum atomic E-state index is 9.49. The molecule has 0 aromatic rings. The van der Waals surface area contributed by atoms with E-state index in [4.69, 9.17) is 5.11 Å². The van der Waals surface area contributed by atoms with E-state index in [0.717, 1.165) is 0 Å². The maximum absolute atomic E-state index is 9.49. The Labute approximate surface area is 41.7 Å². The summed E-state index contributed by atoms with van der Waals surface area (Å²) in [5.74, 6) is 0. The molecule has 0 aliphatic carbocycles. The van der Waals surface area contributed by atoms with Crippen LogP contribution in [0.3, 0.4) is 0 Å². The number of aliphatic hydroxyl groups excluding tert-OH is 1. The molecule has 3 nitrogen and oxygen atoms in total. The van der Waals surface area contributed by atoms with Gasteiger partial charge in [-0.1, -0.05) is 6.58 Å². The number of amides is 1. The summed E-state index contributed by atoms with van der Waals surface area (Å²) in [6.45, 7) is 3.07. The van der Waals surface area contributed by atoms with Gasteiger partial charge >= 0.3 is 0 Å². The van der Waals surface area contributed by atoms with E-state index in [2.05, 4.69) is 11.9 Å². The van der Waals surface area contributed by atoms with Gasteiger partial charge in [0.05, 0.1) is 6.61 Å². The molecule has 0 radical (unpaired) electrons. The van der Waals surface area contributed by atoms with Crippen molar-refractivity contribution in [1.29, 1.82) is 0 Å². The van der Waals surface area contributed by atoms with Crippen LogP contribution in [0.25, 0.3) is 0 Å². The molecule has 0 rings (SSSR count). The Balaban J connectivity index is 3.17. The number of hydrogen-bond acceptors (Lipinski definition) is 2. The number of rotatable bonds is 3. The van der Waals surface area contributed by atoms with Gasteiger partial charge in [-0.05, 0) is 0 Å². The van der Waals surface area contributed by atoms with Crippen LogP contribution in [0, 0.1) is 0 Å². The molecule has 1 amide bonds. The highest BCUT2D eigenvalue weighted by Gasteiger charge is 1.81. The minimum absolute atomic E-state index is 0.196. The quantitative estimate of drug-likeness (QED) is 0.459. The first-order chi connectivity index (χ1) is 3.31. The van der Waals surface area contributed by atoms with Crippen molar-refractivity contribution >= 4 is 6.41 Å². The van der Waals surface area contributed by atoms with Gasteiger partial charge in [-0.25, -0.2) is 0 Å². The molecule has 0 bridgehead atoms. The summed E-state index contributed by atoms with van der Waals surface area (Å²) in [5.41, 5.74) is 0.315. The highest BCUT2D eigenvalue weighted by atomic mass is 16.3. The molecule has 3 heteroatoms. The molecule has 0 aromatic carbocycles. The number of carbonyl (C=O) groups is 1. The molecule has 2 N–H and O–H groups in total. The molecule has 0 saturated carbocycles. The Bertz CT molecular complexity index is 79.8. The van der Waals surface area contributed by atoms with E-state index in [0.29, 0.717) is 12.1 Å². The van der Waals surface area contributed by atoms with E-state index in [9.17, 15) is 4.79 Å². The lowest BCUT2D eigenvalue weighted by Crippen LogP contribution is -2.11. The Morgan fingerprint density at radius 2 is 2.57 bits per heavy atom. The fourth-order valence-electron chi connectivity index (χ4n) is 0.129. The van der Waals surface area contributed by atoms with Gasteiger partial charge in [-0.2, -0.15) is 0 Å². The molecule has 0 aliphatic heterocycles. The van der Waals surface area contributed by atoms with Crippen LogP contribution in [0.15, 0.2) is 12.3 Å². The zero-order valence-electron chi connectivity index (χ0n) is 3.85. The van der Waals surface area contributed by atoms with Crippen LogP contribution in [-0.2, 0) is 4.79 Å². The number of hydrogen-bond donors (Lipinski definition) is 2. The van der Waals surface area contributed by atoms with E-state index >= 15 is 0 Å². The third kappa shape index (κ3) is 2.99. The van der Waals surface area contributed by atoms with Crippen LogP contribution in [0.4, 0.5) is 0 Å². The Kier molecular flexibility index (Phi) is 2.96. The number of aliphatic hydroxyl groups is 1. The second kappa shape index (κ2) is 3.36. The zero-order valence-corrected chi connectivity index (χ0v) is 3.85. The van der Waals surface area contributed by atoms with Crippen molar-refractivity contribution in [3.05, 3.63) is 12.3 Å². The van der Waals surface area contributed by atoms with Crippen LogP contribution in [0.2, 0.25) is 0 Å². The normalized spacial score (nSPS) is 7.57. The highest BCUT2D eigenvalue weighted by Crippen LogP contribution is 1.72. The lowest BCUT2D eigenvalue weighted by Gasteiger charge is -1.92. The van der Waals surface area contributed by atoms with Gasteiger partial charge in [0, 0.05) is 5.70 Å². The van der Waals surface area contributed by atoms with Crippen LogP contribution < -0.4 is 5.32 Å². The van der Waals surface area contributed by atoms with Crippen molar-refractivity contribution in [2.24, 2.45) is 0 Å². The van der Waals surface area contributed by atoms with Gasteiger partial charge < -0.3 is 10.4 Å². The predicted octanol–water partition coefficient (Wildman–Crippen LogP) is -0.762. The first-order valence-electron chi connectivity index (χ1n) is 1.80. The summed E-state index contributed by atoms with van der Waals surface area (Å²) in [7, 11) is 0. The topological polar surface area (TPSA) is 49.3 Å². The first kappa shape index (κ1) is 6.17. The summed E-state index contributed by atoms with van der Waals surface area (Å²) in [5, 5.41) is 10.3. The smallest absolute Gasteiger partial charge is 0.211 e. The molecule has 0 heterocycles. The number of carbonyl (C=O) groups excluding carboxylic acids is 1. The van der Waals surface area contributed by atoms with Crippen molar-refractivity contribution < 1.29 is 9.90 Å². The van der Waals surface area contributed by atoms with Gasteiger partial charge in [0.15, 0.2) is 0 Å². The molecule has 40 valence electrons. The standard InChI is InChI=1S/C4H7NO2/c1-4(2-6)5-3-7/h3,6H,1-2H2,(H,5,7). The van der Waals surface area contributed by atoms with Gasteiger partial charge in [0.2, 0.25) is 6.41 Å². The van der Waals surface area contributed by atoms with Crippen LogP contribution in [0.1, 0.15) is 0 Å². The van der Waals surface area contributed by atoms with Crippen molar-refractivity contribution in [3.63, 3.8) is 0 Å². The minimum Gasteiger partial charge on any atom is -0.390 e. The summed E-state index contributed by atoms with van der Waals surface area (Å²) in [4.78, 5) is 9.49. The fraction of sp³-hybridized carbons (Fsp3) is 0.250. The molecule has 0 aliphatic rings. The fourth-order valence-corrected chi connectivity index (χ4v) is 0.129. The van der Waals surface area contributed by atoms with Crippen molar-refractivity contribution in [2.45, 2.75) is 0 Å². The third-order valence-corrected chi connectivity index (χ3v) is 0.454. The van der Waals surface area contributed by atoms with E-state index in [1.807, 2.05) is 0 Å². The second-order valence-corrected chi connectivity index (χ2v) is 1.02. The summed E-state index contributed by atoms with van der Waals surface area (Å²) < 4.78 is 0. The van der Waals surface area contributed by atoms with Crippen molar-refractivity contribution in [2.75, 3.05) is 6.61 Å². The van der Waals surface area contributed by atoms with Crippen LogP contribution in [0.5, 0.6) is 0 Å². The monoisotopic (exact) mass is 101 g/mol. The largest absolute Gasteiger partial charge is 0.390 e. The zero-order chi connectivity index (χ0) is 5.70. The van der Waals surface area contributed by atoms with Gasteiger partial charge in [-0.3, -0.25) is 4.79 Å². The SMILES string of the molecule is C=C(CO)NC=O. The van der Waals surface area contributed by atoms with E-state index in [-0.39, 0.29) is 6.61 Å². The molecular formula is C4H7NO2. The summed E-state index contributed by atoms with van der Waals surface area (Å²) in [6.07, 6.45) is 0.471. The molecule has 0 saturated heterocycles. The molecule has 0 spiro atoms. The van der Waals surface area contributed by atoms with E-state index < -0.39 is 0 Å². The molecule has 0 aromatic heterocycles. The molecule has 0 unspecified atom stereocenters. The molecule has 0 atom stereocenters. The number of nitrogens with one attached hydrogen (secondary N) is 1. The van der Waals surface area contributed by atoms with Gasteiger partial charge in [-0.15, -0.1) is 0 Å². The Hall–Kier alpha value is -0.830. The lowest BCUT2D eigenvalue weighted by atomic mass is 10.5. The molecule has 0 fully saturated rings. The van der Waals surface area contributed by atoms with Crippen molar-refractivity contribution in [1.82, 2.24) is 5.32 Å².